The maximum absolute atomic E-state index is 12.8. The van der Waals surface area contributed by atoms with Crippen molar-refractivity contribution in [2.75, 3.05) is 32.8 Å². The number of hydrogen-bond donors (Lipinski definition) is 2. The van der Waals surface area contributed by atoms with E-state index in [9.17, 15) is 9.59 Å². The molecule has 4 atom stereocenters. The Labute approximate surface area is 183 Å². The number of imide groups is 1. The fourth-order valence-electron chi connectivity index (χ4n) is 5.11. The minimum absolute atomic E-state index is 0.00289. The van der Waals surface area contributed by atoms with Crippen molar-refractivity contribution in [3.8, 4) is 5.75 Å². The number of fused-ring (bicyclic) bond motifs is 5. The molecule has 3 aliphatic rings. The van der Waals surface area contributed by atoms with E-state index >= 15 is 0 Å². The lowest BCUT2D eigenvalue weighted by Gasteiger charge is -2.18. The maximum Gasteiger partial charge on any atom is 0.233 e. The first-order valence-corrected chi connectivity index (χ1v) is 11.4. The quantitative estimate of drug-likeness (QED) is 0.274. The summed E-state index contributed by atoms with van der Waals surface area (Å²) in [6, 6.07) is 8.02. The van der Waals surface area contributed by atoms with E-state index in [4.69, 9.17) is 4.74 Å². The normalized spacial score (nSPS) is 26.5. The first-order chi connectivity index (χ1) is 15.1. The molecule has 7 nitrogen and oxygen atoms in total. The van der Waals surface area contributed by atoms with Gasteiger partial charge in [0.2, 0.25) is 11.8 Å². The van der Waals surface area contributed by atoms with Crippen LogP contribution in [0.25, 0.3) is 0 Å². The molecule has 2 bridgehead atoms. The molecule has 2 aliphatic carbocycles. The van der Waals surface area contributed by atoms with Gasteiger partial charge in [-0.2, -0.15) is 0 Å². The summed E-state index contributed by atoms with van der Waals surface area (Å²) in [7, 11) is 0. The number of carbonyl (C=O) groups is 2. The van der Waals surface area contributed by atoms with Crippen molar-refractivity contribution in [3.63, 3.8) is 0 Å². The molecule has 4 rings (SSSR count). The summed E-state index contributed by atoms with van der Waals surface area (Å²) in [5, 5.41) is 6.49. The zero-order valence-electron chi connectivity index (χ0n) is 18.3. The smallest absolute Gasteiger partial charge is 0.233 e. The van der Waals surface area contributed by atoms with Gasteiger partial charge in [-0.3, -0.25) is 19.5 Å². The fourth-order valence-corrected chi connectivity index (χ4v) is 5.11. The molecule has 7 heteroatoms. The van der Waals surface area contributed by atoms with Gasteiger partial charge in [0.1, 0.15) is 5.75 Å². The largest absolute Gasteiger partial charge is 0.494 e. The molecule has 0 radical (unpaired) electrons. The molecule has 2 fully saturated rings. The van der Waals surface area contributed by atoms with E-state index in [1.807, 2.05) is 32.0 Å². The van der Waals surface area contributed by atoms with Gasteiger partial charge < -0.3 is 15.4 Å². The lowest BCUT2D eigenvalue weighted by molar-refractivity contribution is -0.140. The van der Waals surface area contributed by atoms with Crippen molar-refractivity contribution in [2.24, 2.45) is 28.7 Å². The number of likely N-dealkylation sites (tertiary alicyclic amines) is 1. The first kappa shape index (κ1) is 21.4. The van der Waals surface area contributed by atoms with Crippen molar-refractivity contribution in [1.82, 2.24) is 15.5 Å². The number of aliphatic imine (C=N–C) groups is 1. The average molecular weight is 425 g/mol. The van der Waals surface area contributed by atoms with Crippen molar-refractivity contribution in [1.29, 1.82) is 0 Å². The van der Waals surface area contributed by atoms with E-state index in [1.165, 1.54) is 4.90 Å². The van der Waals surface area contributed by atoms with Gasteiger partial charge >= 0.3 is 0 Å². The third-order valence-electron chi connectivity index (χ3n) is 6.46. The number of benzene rings is 1. The molecular formula is C24H32N4O3. The Hall–Kier alpha value is -2.83. The number of allylic oxidation sites excluding steroid dienone is 2. The van der Waals surface area contributed by atoms with Crippen LogP contribution in [0.2, 0.25) is 0 Å². The van der Waals surface area contributed by atoms with Crippen LogP contribution in [0, 0.1) is 23.7 Å². The molecule has 31 heavy (non-hydrogen) atoms. The van der Waals surface area contributed by atoms with Gasteiger partial charge in [-0.05, 0) is 50.2 Å². The SMILES string of the molecule is CCNC(=NCCc1ccccc1OCC)NCCN1C(=O)C2C3C=CC(C3)C2C1=O. The minimum Gasteiger partial charge on any atom is -0.494 e. The summed E-state index contributed by atoms with van der Waals surface area (Å²) < 4.78 is 5.68. The second-order valence-electron chi connectivity index (χ2n) is 8.31. The van der Waals surface area contributed by atoms with Gasteiger partial charge in [0, 0.05) is 26.2 Å². The Balaban J connectivity index is 1.29. The molecule has 0 spiro atoms. The summed E-state index contributed by atoms with van der Waals surface area (Å²) in [4.78, 5) is 31.7. The minimum atomic E-state index is -0.130. The molecule has 2 N–H and O–H groups in total. The summed E-state index contributed by atoms with van der Waals surface area (Å²) in [5.41, 5.74) is 1.13. The Morgan fingerprint density at radius 1 is 1.10 bits per heavy atom. The zero-order chi connectivity index (χ0) is 21.8. The van der Waals surface area contributed by atoms with Crippen molar-refractivity contribution >= 4 is 17.8 Å². The zero-order valence-corrected chi connectivity index (χ0v) is 18.3. The highest BCUT2D eigenvalue weighted by atomic mass is 16.5. The Bertz CT molecular complexity index is 851. The third-order valence-corrected chi connectivity index (χ3v) is 6.46. The van der Waals surface area contributed by atoms with E-state index in [2.05, 4.69) is 33.8 Å². The standard InChI is InChI=1S/C24H32N4O3/c1-3-25-24(26-12-11-16-7-5-6-8-19(16)31-4-2)27-13-14-28-22(29)20-17-9-10-18(15-17)21(20)23(28)30/h5-10,17-18,20-21H,3-4,11-15H2,1-2H3,(H2,25,26,27). The molecular weight excluding hydrogens is 392 g/mol. The fraction of sp³-hybridized carbons (Fsp3) is 0.542. The predicted molar refractivity (Wildman–Crippen MR) is 120 cm³/mol. The van der Waals surface area contributed by atoms with Crippen molar-refractivity contribution in [2.45, 2.75) is 26.7 Å². The van der Waals surface area contributed by atoms with E-state index in [-0.39, 0.29) is 35.5 Å². The number of para-hydroxylation sites is 1. The molecule has 1 aromatic rings. The van der Waals surface area contributed by atoms with Crippen LogP contribution in [0.5, 0.6) is 5.75 Å². The van der Waals surface area contributed by atoms with Crippen LogP contribution in [0.4, 0.5) is 0 Å². The van der Waals surface area contributed by atoms with E-state index in [0.29, 0.717) is 32.2 Å². The molecule has 1 aliphatic heterocycles. The van der Waals surface area contributed by atoms with Crippen LogP contribution < -0.4 is 15.4 Å². The summed E-state index contributed by atoms with van der Waals surface area (Å²) in [5.74, 6) is 1.84. The second kappa shape index (κ2) is 9.54. The van der Waals surface area contributed by atoms with Crippen LogP contribution in [0.3, 0.4) is 0 Å². The lowest BCUT2D eigenvalue weighted by atomic mass is 9.85. The van der Waals surface area contributed by atoms with Gasteiger partial charge in [0.05, 0.1) is 18.4 Å². The number of ether oxygens (including phenoxy) is 1. The Morgan fingerprint density at radius 3 is 2.48 bits per heavy atom. The molecule has 1 saturated carbocycles. The first-order valence-electron chi connectivity index (χ1n) is 11.4. The number of guanidine groups is 1. The van der Waals surface area contributed by atoms with Crippen molar-refractivity contribution < 1.29 is 14.3 Å². The average Bonchev–Trinajstić information content (AvgIpc) is 3.45. The summed E-state index contributed by atoms with van der Waals surface area (Å²) in [6.45, 7) is 6.84. The number of carbonyl (C=O) groups excluding carboxylic acids is 2. The van der Waals surface area contributed by atoms with Gasteiger partial charge in [-0.1, -0.05) is 30.4 Å². The molecule has 1 saturated heterocycles. The number of hydrogen-bond acceptors (Lipinski definition) is 4. The Kier molecular flexibility index (Phi) is 6.59. The number of amides is 2. The van der Waals surface area contributed by atoms with Crippen LogP contribution >= 0.6 is 0 Å². The molecule has 0 aromatic heterocycles. The van der Waals surface area contributed by atoms with Crippen LogP contribution in [-0.4, -0.2) is 55.5 Å². The van der Waals surface area contributed by atoms with Crippen LogP contribution in [0.15, 0.2) is 41.4 Å². The van der Waals surface area contributed by atoms with Crippen LogP contribution in [-0.2, 0) is 16.0 Å². The van der Waals surface area contributed by atoms with E-state index in [1.54, 1.807) is 0 Å². The highest BCUT2D eigenvalue weighted by Crippen LogP contribution is 2.52. The lowest BCUT2D eigenvalue weighted by Crippen LogP contribution is -2.43. The van der Waals surface area contributed by atoms with Gasteiger partial charge in [0.25, 0.3) is 0 Å². The topological polar surface area (TPSA) is 83.0 Å². The monoisotopic (exact) mass is 424 g/mol. The number of nitrogens with one attached hydrogen (secondary N) is 2. The van der Waals surface area contributed by atoms with Crippen molar-refractivity contribution in [3.05, 3.63) is 42.0 Å². The molecule has 4 unspecified atom stereocenters. The summed E-state index contributed by atoms with van der Waals surface area (Å²) in [6.07, 6.45) is 5.98. The van der Waals surface area contributed by atoms with Gasteiger partial charge in [-0.15, -0.1) is 0 Å². The van der Waals surface area contributed by atoms with E-state index in [0.717, 1.165) is 30.7 Å². The molecule has 1 heterocycles. The summed E-state index contributed by atoms with van der Waals surface area (Å²) >= 11 is 0. The predicted octanol–water partition coefficient (Wildman–Crippen LogP) is 1.99. The Morgan fingerprint density at radius 2 is 1.81 bits per heavy atom. The number of rotatable bonds is 9. The van der Waals surface area contributed by atoms with Gasteiger partial charge in [-0.25, -0.2) is 0 Å². The molecule has 1 aromatic carbocycles. The number of nitrogens with zero attached hydrogens (tertiary/aromatic N) is 2. The second-order valence-corrected chi connectivity index (χ2v) is 8.31. The van der Waals surface area contributed by atoms with Gasteiger partial charge in [0.15, 0.2) is 5.96 Å². The van der Waals surface area contributed by atoms with Crippen LogP contribution in [0.1, 0.15) is 25.8 Å². The van der Waals surface area contributed by atoms with E-state index < -0.39 is 0 Å². The highest BCUT2D eigenvalue weighted by molar-refractivity contribution is 6.06. The third kappa shape index (κ3) is 4.31. The maximum atomic E-state index is 12.8. The molecule has 166 valence electrons. The highest BCUT2D eigenvalue weighted by Gasteiger charge is 2.58. The molecule has 2 amide bonds.